The quantitative estimate of drug-likeness (QED) is 0.553. The summed E-state index contributed by atoms with van der Waals surface area (Å²) >= 11 is 0. The predicted molar refractivity (Wildman–Crippen MR) is 96.0 cm³/mol. The van der Waals surface area contributed by atoms with E-state index in [0.717, 1.165) is 36.0 Å². The average Bonchev–Trinajstić information content (AvgIpc) is 2.62. The zero-order valence-electron chi connectivity index (χ0n) is 14.9. The Kier molecular flexibility index (Phi) is 7.37. The Morgan fingerprint density at radius 3 is 2.32 bits per heavy atom. The molecule has 4 bridgehead atoms. The van der Waals surface area contributed by atoms with Gasteiger partial charge in [-0.15, -0.1) is 35.4 Å². The van der Waals surface area contributed by atoms with E-state index in [-0.39, 0.29) is 26.8 Å². The number of ether oxygens (including phenoxy) is 2. The van der Waals surface area contributed by atoms with Crippen molar-refractivity contribution < 1.29 is 35.6 Å². The van der Waals surface area contributed by atoms with Gasteiger partial charge in [-0.25, -0.2) is 0 Å². The average molecular weight is 421 g/mol. The van der Waals surface area contributed by atoms with Crippen LogP contribution in [0.5, 0.6) is 17.2 Å². The number of methoxy groups -OCH3 is 2. The summed E-state index contributed by atoms with van der Waals surface area (Å²) in [5, 5.41) is 10.6. The first-order chi connectivity index (χ1) is 11.7. The van der Waals surface area contributed by atoms with Crippen LogP contribution in [0.25, 0.3) is 11.1 Å². The van der Waals surface area contributed by atoms with Crippen molar-refractivity contribution in [1.82, 2.24) is 0 Å². The molecule has 3 nitrogen and oxygen atoms in total. The van der Waals surface area contributed by atoms with Gasteiger partial charge in [-0.3, -0.25) is 0 Å². The predicted octanol–water partition coefficient (Wildman–Crippen LogP) is 4.92. The van der Waals surface area contributed by atoms with Gasteiger partial charge in [-0.05, 0) is 24.8 Å². The molecular formula is C21H25MoO3-. The van der Waals surface area contributed by atoms with E-state index in [1.165, 1.54) is 31.2 Å². The number of hydrogen-bond donors (Lipinski definition) is 1. The maximum absolute atomic E-state index is 10.6. The van der Waals surface area contributed by atoms with E-state index in [2.05, 4.69) is 18.2 Å². The molecule has 0 aromatic heterocycles. The Labute approximate surface area is 164 Å². The van der Waals surface area contributed by atoms with E-state index in [0.29, 0.717) is 11.5 Å². The van der Waals surface area contributed by atoms with E-state index in [9.17, 15) is 5.11 Å². The molecule has 0 aliphatic heterocycles. The molecule has 4 heteroatoms. The van der Waals surface area contributed by atoms with Gasteiger partial charge in [0.2, 0.25) is 0 Å². The largest absolute Gasteiger partial charge is 0.504 e. The van der Waals surface area contributed by atoms with Gasteiger partial charge in [0.05, 0.1) is 14.2 Å². The number of benzene rings is 2. The monoisotopic (exact) mass is 423 g/mol. The summed E-state index contributed by atoms with van der Waals surface area (Å²) in [5.74, 6) is 1.19. The first-order valence-corrected chi connectivity index (χ1v) is 8.72. The Bertz CT molecular complexity index is 713. The van der Waals surface area contributed by atoms with Gasteiger partial charge in [0.25, 0.3) is 0 Å². The minimum atomic E-state index is 0. The first kappa shape index (κ1) is 19.8. The Morgan fingerprint density at radius 1 is 0.920 bits per heavy atom. The topological polar surface area (TPSA) is 38.7 Å². The van der Waals surface area contributed by atoms with E-state index in [4.69, 9.17) is 9.47 Å². The molecule has 0 heterocycles. The molecule has 0 fully saturated rings. The summed E-state index contributed by atoms with van der Waals surface area (Å²) in [6.07, 6.45) is 7.91. The molecule has 1 aliphatic rings. The Hall–Kier alpha value is -1.47. The number of fused-ring (bicyclic) bond motifs is 5. The van der Waals surface area contributed by atoms with Gasteiger partial charge in [0.15, 0.2) is 11.5 Å². The number of aryl methyl sites for hydroxylation is 2. The minimum absolute atomic E-state index is 0. The summed E-state index contributed by atoms with van der Waals surface area (Å²) in [6, 6.07) is 11.6. The summed E-state index contributed by atoms with van der Waals surface area (Å²) in [7, 11) is 3.18. The third kappa shape index (κ3) is 4.39. The van der Waals surface area contributed by atoms with Crippen LogP contribution in [0.3, 0.4) is 0 Å². The second kappa shape index (κ2) is 9.29. The SMILES string of the molecule is COc1c2cc(c(O)c1OC)CCCCCCCc1cc[c-]c-2c1.[Mo]. The van der Waals surface area contributed by atoms with Crippen molar-refractivity contribution in [3.63, 3.8) is 0 Å². The van der Waals surface area contributed by atoms with Crippen molar-refractivity contribution in [3.05, 3.63) is 41.5 Å². The minimum Gasteiger partial charge on any atom is -0.504 e. The fraction of sp³-hybridized carbons (Fsp3) is 0.429. The van der Waals surface area contributed by atoms with Crippen molar-refractivity contribution in [2.45, 2.75) is 44.9 Å². The number of hydrogen-bond acceptors (Lipinski definition) is 3. The van der Waals surface area contributed by atoms with Gasteiger partial charge in [0, 0.05) is 21.1 Å². The van der Waals surface area contributed by atoms with Gasteiger partial charge in [0.1, 0.15) is 5.75 Å². The molecule has 3 rings (SSSR count). The van der Waals surface area contributed by atoms with Crippen molar-refractivity contribution in [1.29, 1.82) is 0 Å². The molecule has 2 aromatic carbocycles. The molecule has 1 aliphatic carbocycles. The smallest absolute Gasteiger partial charge is 0.194 e. The molecule has 0 unspecified atom stereocenters. The molecule has 0 saturated carbocycles. The molecule has 0 radical (unpaired) electrons. The fourth-order valence-corrected chi connectivity index (χ4v) is 3.47. The van der Waals surface area contributed by atoms with Crippen molar-refractivity contribution in [2.75, 3.05) is 14.2 Å². The summed E-state index contributed by atoms with van der Waals surface area (Å²) in [5.41, 5.74) is 4.16. The van der Waals surface area contributed by atoms with Gasteiger partial charge >= 0.3 is 0 Å². The standard InChI is InChI=1S/C21H25O3.Mo/c1-23-20-18-14-17(19(22)21(20)24-2)11-7-5-3-4-6-9-15-10-8-12-16(18)13-15;/h8,10,13-14,22H,3-7,9,11H2,1-2H3;/q-1;. The Morgan fingerprint density at radius 2 is 1.60 bits per heavy atom. The molecule has 0 amide bonds. The fourth-order valence-electron chi connectivity index (χ4n) is 3.47. The van der Waals surface area contributed by atoms with Crippen LogP contribution in [0.1, 0.15) is 43.2 Å². The van der Waals surface area contributed by atoms with Crippen LogP contribution in [-0.4, -0.2) is 19.3 Å². The van der Waals surface area contributed by atoms with Gasteiger partial charge < -0.3 is 14.6 Å². The zero-order chi connectivity index (χ0) is 16.9. The van der Waals surface area contributed by atoms with Crippen LogP contribution < -0.4 is 9.47 Å². The zero-order valence-corrected chi connectivity index (χ0v) is 16.9. The van der Waals surface area contributed by atoms with E-state index >= 15 is 0 Å². The molecule has 25 heavy (non-hydrogen) atoms. The molecule has 0 atom stereocenters. The van der Waals surface area contributed by atoms with Crippen molar-refractivity contribution in [2.24, 2.45) is 0 Å². The van der Waals surface area contributed by atoms with Gasteiger partial charge in [-0.1, -0.05) is 37.3 Å². The van der Waals surface area contributed by atoms with E-state index < -0.39 is 0 Å². The molecule has 0 saturated heterocycles. The van der Waals surface area contributed by atoms with Crippen molar-refractivity contribution in [3.8, 4) is 28.4 Å². The third-order valence-corrected chi connectivity index (χ3v) is 4.76. The number of aromatic hydroxyl groups is 1. The summed E-state index contributed by atoms with van der Waals surface area (Å²) in [4.78, 5) is 0. The molecule has 0 spiro atoms. The summed E-state index contributed by atoms with van der Waals surface area (Å²) < 4.78 is 11.0. The van der Waals surface area contributed by atoms with Crippen LogP contribution in [0.15, 0.2) is 24.3 Å². The third-order valence-electron chi connectivity index (χ3n) is 4.76. The van der Waals surface area contributed by atoms with Crippen LogP contribution in [-0.2, 0) is 33.9 Å². The summed E-state index contributed by atoms with van der Waals surface area (Å²) in [6.45, 7) is 0. The second-order valence-electron chi connectivity index (χ2n) is 6.38. The number of phenols is 1. The van der Waals surface area contributed by atoms with E-state index in [1.807, 2.05) is 12.1 Å². The molecule has 2 aromatic rings. The maximum atomic E-state index is 10.6. The Balaban J connectivity index is 0.00000225. The molecule has 134 valence electrons. The van der Waals surface area contributed by atoms with Gasteiger partial charge in [-0.2, -0.15) is 0 Å². The second-order valence-corrected chi connectivity index (χ2v) is 6.38. The number of rotatable bonds is 2. The van der Waals surface area contributed by atoms with Crippen molar-refractivity contribution >= 4 is 0 Å². The van der Waals surface area contributed by atoms with Crippen LogP contribution in [0, 0.1) is 6.07 Å². The molecular weight excluding hydrogens is 396 g/mol. The van der Waals surface area contributed by atoms with E-state index in [1.54, 1.807) is 14.2 Å². The van der Waals surface area contributed by atoms with Crippen LogP contribution in [0.4, 0.5) is 0 Å². The normalized spacial score (nSPS) is 14.3. The van der Waals surface area contributed by atoms with Crippen LogP contribution in [0.2, 0.25) is 0 Å². The first-order valence-electron chi connectivity index (χ1n) is 8.72. The van der Waals surface area contributed by atoms with Crippen LogP contribution >= 0.6 is 0 Å². The maximum Gasteiger partial charge on any atom is 0.194 e. The number of phenolic OH excluding ortho intramolecular Hbond substituents is 1. The molecule has 1 N–H and O–H groups in total.